The van der Waals surface area contributed by atoms with Crippen LogP contribution in [0.4, 0.5) is 0 Å². The maximum Gasteiger partial charge on any atom is 0.110 e. The van der Waals surface area contributed by atoms with E-state index in [9.17, 15) is 0 Å². The molecule has 4 nitrogen and oxygen atoms in total. The SMILES string of the molecule is c1cncc(-c2cnc(C3CCNC3)[nH]2)c1. The fourth-order valence-corrected chi connectivity index (χ4v) is 2.10. The van der Waals surface area contributed by atoms with Crippen molar-refractivity contribution in [2.75, 3.05) is 13.1 Å². The number of pyridine rings is 1. The highest BCUT2D eigenvalue weighted by molar-refractivity contribution is 5.56. The summed E-state index contributed by atoms with van der Waals surface area (Å²) in [6.45, 7) is 2.12. The zero-order valence-corrected chi connectivity index (χ0v) is 8.98. The van der Waals surface area contributed by atoms with E-state index in [1.54, 1.807) is 6.20 Å². The van der Waals surface area contributed by atoms with E-state index in [0.29, 0.717) is 5.92 Å². The minimum atomic E-state index is 0.533. The lowest BCUT2D eigenvalue weighted by Gasteiger charge is -2.02. The molecule has 1 saturated heterocycles. The highest BCUT2D eigenvalue weighted by Gasteiger charge is 2.19. The quantitative estimate of drug-likeness (QED) is 0.797. The van der Waals surface area contributed by atoms with Gasteiger partial charge in [0.25, 0.3) is 0 Å². The van der Waals surface area contributed by atoms with Crippen molar-refractivity contribution in [1.82, 2.24) is 20.3 Å². The zero-order valence-electron chi connectivity index (χ0n) is 8.98. The van der Waals surface area contributed by atoms with Crippen LogP contribution >= 0.6 is 0 Å². The Bertz CT molecular complexity index is 457. The Balaban J connectivity index is 1.87. The average molecular weight is 214 g/mol. The third kappa shape index (κ3) is 1.72. The van der Waals surface area contributed by atoms with Crippen molar-refractivity contribution in [2.45, 2.75) is 12.3 Å². The third-order valence-corrected chi connectivity index (χ3v) is 3.02. The molecule has 1 unspecified atom stereocenters. The number of aromatic nitrogens is 3. The van der Waals surface area contributed by atoms with Crippen molar-refractivity contribution in [2.24, 2.45) is 0 Å². The molecule has 0 saturated carbocycles. The maximum atomic E-state index is 4.45. The maximum absolute atomic E-state index is 4.45. The molecule has 2 aromatic heterocycles. The van der Waals surface area contributed by atoms with E-state index < -0.39 is 0 Å². The largest absolute Gasteiger partial charge is 0.342 e. The third-order valence-electron chi connectivity index (χ3n) is 3.02. The van der Waals surface area contributed by atoms with Gasteiger partial charge in [-0.2, -0.15) is 0 Å². The number of nitrogens with zero attached hydrogens (tertiary/aromatic N) is 2. The minimum Gasteiger partial charge on any atom is -0.342 e. The molecule has 1 aliphatic heterocycles. The van der Waals surface area contributed by atoms with Crippen LogP contribution in [0, 0.1) is 0 Å². The molecule has 3 rings (SSSR count). The Morgan fingerprint density at radius 2 is 2.31 bits per heavy atom. The van der Waals surface area contributed by atoms with Crippen LogP contribution in [-0.4, -0.2) is 28.0 Å². The molecule has 0 aliphatic carbocycles. The van der Waals surface area contributed by atoms with Gasteiger partial charge in [-0.25, -0.2) is 4.98 Å². The Hall–Kier alpha value is -1.68. The minimum absolute atomic E-state index is 0.533. The van der Waals surface area contributed by atoms with E-state index in [0.717, 1.165) is 30.2 Å². The van der Waals surface area contributed by atoms with Gasteiger partial charge in [-0.05, 0) is 25.1 Å². The normalized spacial score (nSPS) is 20.1. The predicted octanol–water partition coefficient (Wildman–Crippen LogP) is 1.55. The molecule has 2 aromatic rings. The highest BCUT2D eigenvalue weighted by Crippen LogP contribution is 2.22. The Morgan fingerprint density at radius 3 is 3.06 bits per heavy atom. The molecule has 16 heavy (non-hydrogen) atoms. The summed E-state index contributed by atoms with van der Waals surface area (Å²) in [7, 11) is 0. The smallest absolute Gasteiger partial charge is 0.110 e. The van der Waals surface area contributed by atoms with Crippen molar-refractivity contribution in [3.05, 3.63) is 36.5 Å². The summed E-state index contributed by atoms with van der Waals surface area (Å²) < 4.78 is 0. The van der Waals surface area contributed by atoms with Crippen molar-refractivity contribution in [1.29, 1.82) is 0 Å². The monoisotopic (exact) mass is 214 g/mol. The van der Waals surface area contributed by atoms with E-state index in [2.05, 4.69) is 20.3 Å². The molecule has 0 bridgehead atoms. The predicted molar refractivity (Wildman–Crippen MR) is 62.0 cm³/mol. The summed E-state index contributed by atoms with van der Waals surface area (Å²) in [6.07, 6.45) is 6.69. The number of imidazole rings is 1. The highest BCUT2D eigenvalue weighted by atomic mass is 15.0. The molecule has 0 amide bonds. The van der Waals surface area contributed by atoms with Crippen LogP contribution in [0.5, 0.6) is 0 Å². The number of hydrogen-bond donors (Lipinski definition) is 2. The summed E-state index contributed by atoms with van der Waals surface area (Å²) in [5.74, 6) is 1.62. The summed E-state index contributed by atoms with van der Waals surface area (Å²) in [5, 5.41) is 3.35. The van der Waals surface area contributed by atoms with Crippen LogP contribution in [0.15, 0.2) is 30.7 Å². The number of rotatable bonds is 2. The van der Waals surface area contributed by atoms with Gasteiger partial charge in [0.15, 0.2) is 0 Å². The molecule has 1 atom stereocenters. The van der Waals surface area contributed by atoms with Crippen molar-refractivity contribution < 1.29 is 0 Å². The molecule has 82 valence electrons. The van der Waals surface area contributed by atoms with Crippen molar-refractivity contribution in [3.63, 3.8) is 0 Å². The van der Waals surface area contributed by atoms with E-state index in [-0.39, 0.29) is 0 Å². The standard InChI is InChI=1S/C12H14N4/c1-2-9(6-13-4-1)11-8-15-12(16-11)10-3-5-14-7-10/h1-2,4,6,8,10,14H,3,5,7H2,(H,15,16). The lowest BCUT2D eigenvalue weighted by molar-refractivity contribution is 0.715. The second kappa shape index (κ2) is 4.06. The Kier molecular flexibility index (Phi) is 2.42. The first-order chi connectivity index (χ1) is 7.93. The zero-order chi connectivity index (χ0) is 10.8. The van der Waals surface area contributed by atoms with Crippen LogP contribution in [0.3, 0.4) is 0 Å². The van der Waals surface area contributed by atoms with Crippen LogP contribution in [0.25, 0.3) is 11.3 Å². The van der Waals surface area contributed by atoms with Crippen LogP contribution < -0.4 is 5.32 Å². The Labute approximate surface area is 94.1 Å². The molecule has 2 N–H and O–H groups in total. The first-order valence-corrected chi connectivity index (χ1v) is 5.59. The van der Waals surface area contributed by atoms with E-state index >= 15 is 0 Å². The summed E-state index contributed by atoms with van der Waals surface area (Å²) >= 11 is 0. The van der Waals surface area contributed by atoms with Crippen molar-refractivity contribution in [3.8, 4) is 11.3 Å². The van der Waals surface area contributed by atoms with Gasteiger partial charge in [0, 0.05) is 30.4 Å². The fraction of sp³-hybridized carbons (Fsp3) is 0.333. The van der Waals surface area contributed by atoms with Gasteiger partial charge < -0.3 is 10.3 Å². The van der Waals surface area contributed by atoms with Gasteiger partial charge in [0.2, 0.25) is 0 Å². The fourth-order valence-electron chi connectivity index (χ4n) is 2.10. The molecule has 1 fully saturated rings. The lowest BCUT2D eigenvalue weighted by Crippen LogP contribution is -2.08. The molecular formula is C12H14N4. The lowest BCUT2D eigenvalue weighted by atomic mass is 10.1. The number of H-pyrrole nitrogens is 1. The topological polar surface area (TPSA) is 53.6 Å². The van der Waals surface area contributed by atoms with Crippen LogP contribution in [-0.2, 0) is 0 Å². The molecule has 0 radical (unpaired) electrons. The van der Waals surface area contributed by atoms with Gasteiger partial charge in [-0.1, -0.05) is 0 Å². The molecule has 0 aromatic carbocycles. The summed E-state index contributed by atoms with van der Waals surface area (Å²) in [4.78, 5) is 11.9. The van der Waals surface area contributed by atoms with Gasteiger partial charge >= 0.3 is 0 Å². The van der Waals surface area contributed by atoms with Crippen LogP contribution in [0.2, 0.25) is 0 Å². The van der Waals surface area contributed by atoms with E-state index in [1.807, 2.05) is 24.5 Å². The molecule has 1 aliphatic rings. The van der Waals surface area contributed by atoms with E-state index in [4.69, 9.17) is 0 Å². The summed E-state index contributed by atoms with van der Waals surface area (Å²) in [6, 6.07) is 3.98. The second-order valence-electron chi connectivity index (χ2n) is 4.11. The van der Waals surface area contributed by atoms with Gasteiger partial charge in [-0.15, -0.1) is 0 Å². The average Bonchev–Trinajstić information content (AvgIpc) is 3.01. The molecular weight excluding hydrogens is 200 g/mol. The van der Waals surface area contributed by atoms with E-state index in [1.165, 1.54) is 6.42 Å². The molecule has 0 spiro atoms. The number of aromatic amines is 1. The Morgan fingerprint density at radius 1 is 1.31 bits per heavy atom. The van der Waals surface area contributed by atoms with Crippen LogP contribution in [0.1, 0.15) is 18.2 Å². The van der Waals surface area contributed by atoms with Gasteiger partial charge in [-0.3, -0.25) is 4.98 Å². The molecule has 3 heterocycles. The number of nitrogens with one attached hydrogen (secondary N) is 2. The van der Waals surface area contributed by atoms with Gasteiger partial charge in [0.05, 0.1) is 11.9 Å². The van der Waals surface area contributed by atoms with Gasteiger partial charge in [0.1, 0.15) is 5.82 Å². The molecule has 4 heteroatoms. The first kappa shape index (κ1) is 9.54. The first-order valence-electron chi connectivity index (χ1n) is 5.59. The van der Waals surface area contributed by atoms with Crippen molar-refractivity contribution >= 4 is 0 Å². The second-order valence-corrected chi connectivity index (χ2v) is 4.11. The summed E-state index contributed by atoms with van der Waals surface area (Å²) in [5.41, 5.74) is 2.14. The number of hydrogen-bond acceptors (Lipinski definition) is 3.